The minimum Gasteiger partial charge on any atom is -0.372 e. The molecule has 0 saturated heterocycles. The molecule has 1 aliphatic carbocycles. The molecule has 0 unspecified atom stereocenters. The Kier molecular flexibility index (Phi) is 7.19. The van der Waals surface area contributed by atoms with E-state index in [2.05, 4.69) is 29.4 Å². The van der Waals surface area contributed by atoms with E-state index in [-0.39, 0.29) is 16.4 Å². The first-order chi connectivity index (χ1) is 14.3. The van der Waals surface area contributed by atoms with E-state index in [4.69, 9.17) is 0 Å². The van der Waals surface area contributed by atoms with Crippen molar-refractivity contribution in [2.24, 2.45) is 0 Å². The fourth-order valence-electron chi connectivity index (χ4n) is 3.96. The third kappa shape index (κ3) is 5.04. The Morgan fingerprint density at radius 2 is 1.67 bits per heavy atom. The van der Waals surface area contributed by atoms with Gasteiger partial charge < -0.3 is 10.2 Å². The van der Waals surface area contributed by atoms with Crippen molar-refractivity contribution in [1.29, 1.82) is 0 Å². The summed E-state index contributed by atoms with van der Waals surface area (Å²) in [6.45, 7) is 3.59. The molecule has 0 bridgehead atoms. The van der Waals surface area contributed by atoms with Crippen LogP contribution < -0.4 is 10.2 Å². The van der Waals surface area contributed by atoms with Crippen LogP contribution in [-0.2, 0) is 16.4 Å². The van der Waals surface area contributed by atoms with E-state index in [1.807, 2.05) is 12.1 Å². The van der Waals surface area contributed by atoms with E-state index in [1.165, 1.54) is 43.9 Å². The van der Waals surface area contributed by atoms with Crippen LogP contribution in [0, 0.1) is 0 Å². The summed E-state index contributed by atoms with van der Waals surface area (Å²) in [6, 6.07) is 15.2. The summed E-state index contributed by atoms with van der Waals surface area (Å²) in [4.78, 5) is 15.1. The molecule has 2 aromatic rings. The minimum atomic E-state index is -3.53. The van der Waals surface area contributed by atoms with Gasteiger partial charge in [-0.3, -0.25) is 4.79 Å². The molecule has 0 radical (unpaired) electrons. The zero-order valence-electron chi connectivity index (χ0n) is 18.1. The average Bonchev–Trinajstić information content (AvgIpc) is 2.77. The molecule has 6 heteroatoms. The van der Waals surface area contributed by atoms with Crippen LogP contribution in [-0.4, -0.2) is 32.7 Å². The Balaban J connectivity index is 1.66. The number of carbonyl (C=O) groups excluding carboxylic acids is 1. The van der Waals surface area contributed by atoms with Crippen molar-refractivity contribution in [3.63, 3.8) is 0 Å². The topological polar surface area (TPSA) is 66.5 Å². The molecule has 1 saturated carbocycles. The van der Waals surface area contributed by atoms with E-state index in [0.717, 1.165) is 5.56 Å². The van der Waals surface area contributed by atoms with Crippen molar-refractivity contribution in [2.75, 3.05) is 11.9 Å². The number of nitrogens with zero attached hydrogens (tertiary/aromatic N) is 1. The molecule has 0 heterocycles. The first-order valence-electron chi connectivity index (χ1n) is 10.7. The Hall–Kier alpha value is -2.34. The fraction of sp³-hybridized carbons (Fsp3) is 0.458. The molecule has 162 valence electrons. The lowest BCUT2D eigenvalue weighted by Gasteiger charge is -2.33. The smallest absolute Gasteiger partial charge is 0.252 e. The second kappa shape index (κ2) is 9.65. The van der Waals surface area contributed by atoms with Gasteiger partial charge in [0, 0.05) is 25.3 Å². The van der Waals surface area contributed by atoms with Crippen LogP contribution in [0.25, 0.3) is 0 Å². The monoisotopic (exact) mass is 428 g/mol. The summed E-state index contributed by atoms with van der Waals surface area (Å²) in [5, 5.41) is 2.28. The number of nitrogens with one attached hydrogen (secondary N) is 1. The average molecular weight is 429 g/mol. The number of carbonyl (C=O) groups is 1. The Labute approximate surface area is 180 Å². The number of amides is 1. The van der Waals surface area contributed by atoms with Gasteiger partial charge in [-0.1, -0.05) is 43.5 Å². The lowest BCUT2D eigenvalue weighted by atomic mass is 9.94. The second-order valence-corrected chi connectivity index (χ2v) is 10.8. The highest BCUT2D eigenvalue weighted by Gasteiger charge is 2.25. The van der Waals surface area contributed by atoms with E-state index in [0.29, 0.717) is 12.6 Å². The summed E-state index contributed by atoms with van der Waals surface area (Å²) >= 11 is 0. The molecular weight excluding hydrogens is 396 g/mol. The normalized spacial score (nSPS) is 15.2. The van der Waals surface area contributed by atoms with Gasteiger partial charge in [-0.25, -0.2) is 8.42 Å². The van der Waals surface area contributed by atoms with Gasteiger partial charge in [0.05, 0.1) is 15.7 Å². The van der Waals surface area contributed by atoms with Crippen LogP contribution in [0.4, 0.5) is 5.69 Å². The Morgan fingerprint density at radius 1 is 1.03 bits per heavy atom. The van der Waals surface area contributed by atoms with Crippen LogP contribution in [0.5, 0.6) is 0 Å². The lowest BCUT2D eigenvalue weighted by molar-refractivity contribution is 0.0947. The number of benzene rings is 2. The molecule has 0 aromatic heterocycles. The van der Waals surface area contributed by atoms with Gasteiger partial charge in [0.2, 0.25) is 0 Å². The Bertz CT molecular complexity index is 962. The standard InChI is InChI=1S/C24H32N2O3S/c1-18(2)30(28,29)23-12-8-7-11-22(23)24(27)25-17-19-13-15-21(16-14-19)26(3)20-9-5-4-6-10-20/h7-8,11-16,18,20H,4-6,9-10,17H2,1-3H3,(H,25,27). The van der Waals surface area contributed by atoms with Gasteiger partial charge in [-0.2, -0.15) is 0 Å². The fourth-order valence-corrected chi connectivity index (χ4v) is 5.21. The van der Waals surface area contributed by atoms with Crippen LogP contribution in [0.15, 0.2) is 53.4 Å². The zero-order chi connectivity index (χ0) is 21.7. The third-order valence-electron chi connectivity index (χ3n) is 5.98. The molecule has 1 N–H and O–H groups in total. The predicted molar refractivity (Wildman–Crippen MR) is 122 cm³/mol. The molecule has 0 atom stereocenters. The van der Waals surface area contributed by atoms with Crippen LogP contribution in [0.3, 0.4) is 0 Å². The first-order valence-corrected chi connectivity index (χ1v) is 12.3. The maximum absolute atomic E-state index is 12.7. The third-order valence-corrected chi connectivity index (χ3v) is 8.19. The van der Waals surface area contributed by atoms with Crippen molar-refractivity contribution in [3.8, 4) is 0 Å². The number of rotatable bonds is 7. The van der Waals surface area contributed by atoms with Gasteiger partial charge in [-0.15, -0.1) is 0 Å². The van der Waals surface area contributed by atoms with Crippen molar-refractivity contribution in [3.05, 3.63) is 59.7 Å². The molecule has 1 aliphatic rings. The SMILES string of the molecule is CC(C)S(=O)(=O)c1ccccc1C(=O)NCc1ccc(N(C)C2CCCCC2)cc1. The van der Waals surface area contributed by atoms with E-state index in [9.17, 15) is 13.2 Å². The van der Waals surface area contributed by atoms with Crippen LogP contribution in [0.1, 0.15) is 61.9 Å². The molecule has 1 fully saturated rings. The molecule has 1 amide bonds. The molecule has 3 rings (SSSR count). The van der Waals surface area contributed by atoms with Crippen molar-refractivity contribution in [1.82, 2.24) is 5.32 Å². The largest absolute Gasteiger partial charge is 0.372 e. The van der Waals surface area contributed by atoms with Crippen LogP contribution in [0.2, 0.25) is 0 Å². The second-order valence-electron chi connectivity index (χ2n) is 8.34. The van der Waals surface area contributed by atoms with Gasteiger partial charge in [-0.05, 0) is 56.5 Å². The van der Waals surface area contributed by atoms with Gasteiger partial charge in [0.15, 0.2) is 9.84 Å². The minimum absolute atomic E-state index is 0.0851. The molecule has 30 heavy (non-hydrogen) atoms. The summed E-state index contributed by atoms with van der Waals surface area (Å²) < 4.78 is 25.2. The Morgan fingerprint density at radius 3 is 2.30 bits per heavy atom. The quantitative estimate of drug-likeness (QED) is 0.702. The number of hydrogen-bond acceptors (Lipinski definition) is 4. The molecule has 0 spiro atoms. The summed E-state index contributed by atoms with van der Waals surface area (Å²) in [6.07, 6.45) is 6.42. The summed E-state index contributed by atoms with van der Waals surface area (Å²) in [7, 11) is -1.38. The van der Waals surface area contributed by atoms with Crippen molar-refractivity contribution >= 4 is 21.4 Å². The van der Waals surface area contributed by atoms with Gasteiger partial charge in [0.1, 0.15) is 0 Å². The highest BCUT2D eigenvalue weighted by molar-refractivity contribution is 7.92. The van der Waals surface area contributed by atoms with E-state index >= 15 is 0 Å². The molecule has 5 nitrogen and oxygen atoms in total. The van der Waals surface area contributed by atoms with Crippen LogP contribution >= 0.6 is 0 Å². The lowest BCUT2D eigenvalue weighted by Crippen LogP contribution is -2.33. The number of hydrogen-bond donors (Lipinski definition) is 1. The van der Waals surface area contributed by atoms with Gasteiger partial charge in [0.25, 0.3) is 5.91 Å². The first kappa shape index (κ1) is 22.3. The molecular formula is C24H32N2O3S. The maximum atomic E-state index is 12.7. The maximum Gasteiger partial charge on any atom is 0.252 e. The van der Waals surface area contributed by atoms with Crippen molar-refractivity contribution < 1.29 is 13.2 Å². The highest BCUT2D eigenvalue weighted by Crippen LogP contribution is 2.26. The van der Waals surface area contributed by atoms with E-state index in [1.54, 1.807) is 32.0 Å². The van der Waals surface area contributed by atoms with E-state index < -0.39 is 15.1 Å². The van der Waals surface area contributed by atoms with Crippen molar-refractivity contribution in [2.45, 2.75) is 68.7 Å². The zero-order valence-corrected chi connectivity index (χ0v) is 18.9. The van der Waals surface area contributed by atoms with Gasteiger partial charge >= 0.3 is 0 Å². The molecule has 0 aliphatic heterocycles. The summed E-state index contributed by atoms with van der Waals surface area (Å²) in [5.41, 5.74) is 2.36. The molecule has 2 aromatic carbocycles. The number of sulfone groups is 1. The number of anilines is 1. The predicted octanol–water partition coefficient (Wildman–Crippen LogP) is 4.57. The summed E-state index contributed by atoms with van der Waals surface area (Å²) in [5.74, 6) is -0.377. The highest BCUT2D eigenvalue weighted by atomic mass is 32.2.